The predicted molar refractivity (Wildman–Crippen MR) is 101 cm³/mol. The van der Waals surface area contributed by atoms with Crippen LogP contribution in [0, 0.1) is 0 Å². The van der Waals surface area contributed by atoms with E-state index < -0.39 is 11.9 Å². The number of aliphatic hydroxyl groups is 1. The van der Waals surface area contributed by atoms with Gasteiger partial charge in [-0.1, -0.05) is 46.3 Å². The average molecular weight is 403 g/mol. The molecule has 1 N–H and O–H groups in total. The van der Waals surface area contributed by atoms with Crippen molar-refractivity contribution in [2.24, 2.45) is 0 Å². The van der Waals surface area contributed by atoms with Gasteiger partial charge in [0.1, 0.15) is 0 Å². The third-order valence-corrected chi connectivity index (χ3v) is 5.72. The molecule has 4 rings (SSSR count). The molecule has 0 bridgehead atoms. The highest BCUT2D eigenvalue weighted by atomic mass is 79.9. The van der Waals surface area contributed by atoms with Crippen molar-refractivity contribution in [3.8, 4) is 0 Å². The summed E-state index contributed by atoms with van der Waals surface area (Å²) in [7, 11) is 0. The predicted octanol–water partition coefficient (Wildman–Crippen LogP) is 4.71. The van der Waals surface area contributed by atoms with Crippen molar-refractivity contribution in [1.29, 1.82) is 0 Å². The van der Waals surface area contributed by atoms with E-state index in [0.717, 1.165) is 22.9 Å². The Hall–Kier alpha value is -1.20. The first-order valence-electron chi connectivity index (χ1n) is 8.79. The molecule has 0 aromatic heterocycles. The molecule has 1 aliphatic heterocycles. The summed E-state index contributed by atoms with van der Waals surface area (Å²) < 4.78 is 12.7. The van der Waals surface area contributed by atoms with Gasteiger partial charge in [-0.3, -0.25) is 0 Å². The van der Waals surface area contributed by atoms with E-state index in [9.17, 15) is 5.11 Å². The van der Waals surface area contributed by atoms with Crippen LogP contribution < -0.4 is 0 Å². The maximum absolute atomic E-state index is 11.2. The van der Waals surface area contributed by atoms with Crippen LogP contribution in [0.2, 0.25) is 0 Å². The van der Waals surface area contributed by atoms with E-state index in [4.69, 9.17) is 9.47 Å². The minimum absolute atomic E-state index is 0.00332. The Balaban J connectivity index is 1.73. The van der Waals surface area contributed by atoms with E-state index in [0.29, 0.717) is 6.61 Å². The molecule has 0 spiro atoms. The van der Waals surface area contributed by atoms with Gasteiger partial charge in [-0.25, -0.2) is 0 Å². The molecule has 132 valence electrons. The molecule has 2 aromatic rings. The van der Waals surface area contributed by atoms with Gasteiger partial charge in [0.05, 0.1) is 18.8 Å². The second-order valence-corrected chi connectivity index (χ2v) is 8.37. The summed E-state index contributed by atoms with van der Waals surface area (Å²) in [5.74, 6) is -0.546. The number of fused-ring (bicyclic) bond motifs is 2. The van der Waals surface area contributed by atoms with E-state index >= 15 is 0 Å². The highest BCUT2D eigenvalue weighted by Crippen LogP contribution is 2.43. The number of benzene rings is 2. The zero-order valence-corrected chi connectivity index (χ0v) is 16.1. The van der Waals surface area contributed by atoms with Crippen molar-refractivity contribution in [1.82, 2.24) is 0 Å². The van der Waals surface area contributed by atoms with E-state index in [1.54, 1.807) is 0 Å². The van der Waals surface area contributed by atoms with Crippen LogP contribution in [0.15, 0.2) is 46.9 Å². The second-order valence-electron chi connectivity index (χ2n) is 7.46. The monoisotopic (exact) mass is 402 g/mol. The molecular weight excluding hydrogens is 380 g/mol. The molecule has 4 heteroatoms. The lowest BCUT2D eigenvalue weighted by atomic mass is 9.85. The summed E-state index contributed by atoms with van der Waals surface area (Å²) in [5.41, 5.74) is 4.70. The Bertz CT molecular complexity index is 786. The Kier molecular flexibility index (Phi) is 4.49. The van der Waals surface area contributed by atoms with Gasteiger partial charge in [0.25, 0.3) is 0 Å². The number of halogens is 1. The van der Waals surface area contributed by atoms with Gasteiger partial charge < -0.3 is 14.6 Å². The second kappa shape index (κ2) is 6.51. The first-order chi connectivity index (χ1) is 11.9. The first-order valence-corrected chi connectivity index (χ1v) is 9.58. The van der Waals surface area contributed by atoms with Crippen LogP contribution in [0.4, 0.5) is 0 Å². The first kappa shape index (κ1) is 17.2. The van der Waals surface area contributed by atoms with E-state index in [1.165, 1.54) is 16.7 Å². The molecular formula is C21H23BrO3. The Morgan fingerprint density at radius 2 is 1.88 bits per heavy atom. The maximum Gasteiger partial charge on any atom is 0.163 e. The van der Waals surface area contributed by atoms with Gasteiger partial charge in [-0.2, -0.15) is 0 Å². The lowest BCUT2D eigenvalue weighted by Gasteiger charge is -2.26. The normalized spacial score (nSPS) is 27.4. The fourth-order valence-electron chi connectivity index (χ4n) is 4.07. The van der Waals surface area contributed by atoms with Crippen LogP contribution in [0.3, 0.4) is 0 Å². The quantitative estimate of drug-likeness (QED) is 0.789. The Morgan fingerprint density at radius 1 is 1.12 bits per heavy atom. The van der Waals surface area contributed by atoms with Crippen LogP contribution in [-0.4, -0.2) is 23.6 Å². The molecule has 1 saturated heterocycles. The molecule has 3 atom stereocenters. The van der Waals surface area contributed by atoms with Gasteiger partial charge in [-0.15, -0.1) is 0 Å². The van der Waals surface area contributed by atoms with Gasteiger partial charge in [0, 0.05) is 10.4 Å². The highest BCUT2D eigenvalue weighted by Gasteiger charge is 2.38. The van der Waals surface area contributed by atoms with E-state index in [1.807, 2.05) is 19.9 Å². The van der Waals surface area contributed by atoms with Crippen molar-refractivity contribution in [2.75, 3.05) is 6.61 Å². The third-order valence-electron chi connectivity index (χ3n) is 5.23. The fourth-order valence-corrected chi connectivity index (χ4v) is 4.45. The summed E-state index contributed by atoms with van der Waals surface area (Å²) in [6.45, 7) is 4.46. The highest BCUT2D eigenvalue weighted by molar-refractivity contribution is 9.10. The van der Waals surface area contributed by atoms with Gasteiger partial charge in [-0.05, 0) is 61.1 Å². The van der Waals surface area contributed by atoms with Crippen molar-refractivity contribution < 1.29 is 14.6 Å². The average Bonchev–Trinajstić information content (AvgIpc) is 2.87. The summed E-state index contributed by atoms with van der Waals surface area (Å²) in [5, 5.41) is 11.2. The fraction of sp³-hybridized carbons (Fsp3) is 0.429. The molecule has 0 unspecified atom stereocenters. The summed E-state index contributed by atoms with van der Waals surface area (Å²) in [6.07, 6.45) is 1.04. The van der Waals surface area contributed by atoms with Crippen molar-refractivity contribution in [2.45, 2.75) is 50.6 Å². The summed E-state index contributed by atoms with van der Waals surface area (Å²) in [6, 6.07) is 14.7. The number of hydrogen-bond acceptors (Lipinski definition) is 3. The molecule has 1 aliphatic carbocycles. The zero-order valence-electron chi connectivity index (χ0n) is 14.5. The molecule has 0 saturated carbocycles. The minimum atomic E-state index is -0.552. The smallest absolute Gasteiger partial charge is 0.163 e. The van der Waals surface area contributed by atoms with Gasteiger partial charge >= 0.3 is 0 Å². The maximum atomic E-state index is 11.2. The van der Waals surface area contributed by atoms with Crippen LogP contribution in [0.5, 0.6) is 0 Å². The number of rotatable bonds is 2. The molecule has 0 radical (unpaired) electrons. The van der Waals surface area contributed by atoms with E-state index in [-0.39, 0.29) is 12.0 Å². The number of ether oxygens (including phenoxy) is 2. The lowest BCUT2D eigenvalue weighted by molar-refractivity contribution is -0.140. The molecule has 1 fully saturated rings. The Labute approximate surface area is 157 Å². The van der Waals surface area contributed by atoms with Crippen LogP contribution in [0.25, 0.3) is 0 Å². The molecule has 0 amide bonds. The van der Waals surface area contributed by atoms with Gasteiger partial charge in [0.15, 0.2) is 5.79 Å². The zero-order chi connectivity index (χ0) is 17.6. The van der Waals surface area contributed by atoms with Crippen LogP contribution in [-0.2, 0) is 15.9 Å². The number of aliphatic hydroxyl groups excluding tert-OH is 1. The lowest BCUT2D eigenvalue weighted by Crippen LogP contribution is -2.24. The molecule has 2 aromatic carbocycles. The standard InChI is InChI=1S/C21H23BrO3/c1-21(2)24-12-16(25-21)11-19-17-6-4-3-5-13(17)9-14-7-8-15(22)10-18(14)20(19)23/h3-8,10,16,19-20,23H,9,11-12H2,1-2H3/t16-,19+,20-/m1/s1. The van der Waals surface area contributed by atoms with Crippen LogP contribution >= 0.6 is 15.9 Å². The molecule has 25 heavy (non-hydrogen) atoms. The summed E-state index contributed by atoms with van der Waals surface area (Å²) >= 11 is 3.55. The summed E-state index contributed by atoms with van der Waals surface area (Å²) in [4.78, 5) is 0. The number of hydrogen-bond donors (Lipinski definition) is 1. The van der Waals surface area contributed by atoms with Crippen molar-refractivity contribution in [3.63, 3.8) is 0 Å². The molecule has 2 aliphatic rings. The Morgan fingerprint density at radius 3 is 2.64 bits per heavy atom. The molecule has 1 heterocycles. The van der Waals surface area contributed by atoms with E-state index in [2.05, 4.69) is 52.3 Å². The SMILES string of the molecule is CC1(C)OC[C@@H](C[C@H]2c3ccccc3Cc3ccc(Br)cc3[C@H]2O)O1. The van der Waals surface area contributed by atoms with Crippen molar-refractivity contribution in [3.05, 3.63) is 69.2 Å². The third kappa shape index (κ3) is 3.41. The largest absolute Gasteiger partial charge is 0.388 e. The van der Waals surface area contributed by atoms with Gasteiger partial charge in [0.2, 0.25) is 0 Å². The minimum Gasteiger partial charge on any atom is -0.388 e. The van der Waals surface area contributed by atoms with Crippen LogP contribution in [0.1, 0.15) is 54.5 Å². The van der Waals surface area contributed by atoms with Crippen molar-refractivity contribution >= 4 is 15.9 Å². The molecule has 3 nitrogen and oxygen atoms in total. The topological polar surface area (TPSA) is 38.7 Å².